The highest BCUT2D eigenvalue weighted by Crippen LogP contribution is 2.24. The van der Waals surface area contributed by atoms with Crippen LogP contribution in [0.15, 0.2) is 0 Å². The van der Waals surface area contributed by atoms with Crippen molar-refractivity contribution >= 4 is 5.84 Å². The van der Waals surface area contributed by atoms with Gasteiger partial charge in [0.05, 0.1) is 5.84 Å². The Morgan fingerprint density at radius 2 is 1.93 bits per heavy atom. The zero-order chi connectivity index (χ0) is 10.6. The monoisotopic (exact) mass is 196 g/mol. The molecule has 0 spiro atoms. The Bertz CT molecular complexity index is 181. The predicted octanol–water partition coefficient (Wildman–Crippen LogP) is 3.27. The predicted molar refractivity (Wildman–Crippen MR) is 61.8 cm³/mol. The summed E-state index contributed by atoms with van der Waals surface area (Å²) in [6, 6.07) is 0.672. The second-order valence-corrected chi connectivity index (χ2v) is 4.90. The minimum atomic E-state index is 0.672. The van der Waals surface area contributed by atoms with Crippen molar-refractivity contribution in [2.75, 3.05) is 6.54 Å². The lowest BCUT2D eigenvalue weighted by atomic mass is 10.1. The standard InChI is InChI=1S/C12H24N2/c1-10(2)8-9-14(11(3)13)12-6-4-5-7-12/h10,12-13H,4-9H2,1-3H3. The van der Waals surface area contributed by atoms with Crippen molar-refractivity contribution in [1.29, 1.82) is 5.41 Å². The number of amidine groups is 1. The Kier molecular flexibility index (Phi) is 4.43. The number of hydrogen-bond acceptors (Lipinski definition) is 1. The lowest BCUT2D eigenvalue weighted by Crippen LogP contribution is -2.38. The van der Waals surface area contributed by atoms with Crippen LogP contribution >= 0.6 is 0 Å². The molecule has 0 saturated heterocycles. The van der Waals surface area contributed by atoms with Gasteiger partial charge in [-0.25, -0.2) is 0 Å². The summed E-state index contributed by atoms with van der Waals surface area (Å²) >= 11 is 0. The molecule has 0 radical (unpaired) electrons. The molecule has 2 heteroatoms. The summed E-state index contributed by atoms with van der Waals surface area (Å²) in [5, 5.41) is 7.79. The summed E-state index contributed by atoms with van der Waals surface area (Å²) < 4.78 is 0. The Morgan fingerprint density at radius 3 is 2.36 bits per heavy atom. The van der Waals surface area contributed by atoms with E-state index in [9.17, 15) is 0 Å². The van der Waals surface area contributed by atoms with Crippen LogP contribution in [0.3, 0.4) is 0 Å². The quantitative estimate of drug-likeness (QED) is 0.542. The van der Waals surface area contributed by atoms with E-state index in [-0.39, 0.29) is 0 Å². The van der Waals surface area contributed by atoms with Crippen molar-refractivity contribution < 1.29 is 0 Å². The third-order valence-corrected chi connectivity index (χ3v) is 3.14. The van der Waals surface area contributed by atoms with Gasteiger partial charge in [0, 0.05) is 12.6 Å². The number of nitrogens with zero attached hydrogens (tertiary/aromatic N) is 1. The molecular weight excluding hydrogens is 172 g/mol. The number of nitrogens with one attached hydrogen (secondary N) is 1. The lowest BCUT2D eigenvalue weighted by Gasteiger charge is -2.30. The fourth-order valence-electron chi connectivity index (χ4n) is 2.24. The Balaban J connectivity index is 2.42. The topological polar surface area (TPSA) is 27.1 Å². The highest BCUT2D eigenvalue weighted by atomic mass is 15.2. The summed E-state index contributed by atoms with van der Waals surface area (Å²) in [5.41, 5.74) is 0. The average molecular weight is 196 g/mol. The molecule has 82 valence electrons. The molecule has 2 nitrogen and oxygen atoms in total. The summed E-state index contributed by atoms with van der Waals surface area (Å²) in [7, 11) is 0. The van der Waals surface area contributed by atoms with Gasteiger partial charge in [0.1, 0.15) is 0 Å². The molecule has 0 aromatic carbocycles. The molecular formula is C12H24N2. The van der Waals surface area contributed by atoms with Crippen LogP contribution in [0, 0.1) is 11.3 Å². The van der Waals surface area contributed by atoms with Gasteiger partial charge in [-0.1, -0.05) is 26.7 Å². The van der Waals surface area contributed by atoms with Crippen LogP contribution in [-0.4, -0.2) is 23.3 Å². The molecule has 14 heavy (non-hydrogen) atoms. The minimum absolute atomic E-state index is 0.672. The summed E-state index contributed by atoms with van der Waals surface area (Å²) in [5.74, 6) is 1.51. The maximum Gasteiger partial charge on any atom is 0.0928 e. The van der Waals surface area contributed by atoms with Gasteiger partial charge in [-0.2, -0.15) is 0 Å². The third kappa shape index (κ3) is 3.32. The highest BCUT2D eigenvalue weighted by Gasteiger charge is 2.22. The van der Waals surface area contributed by atoms with E-state index in [1.54, 1.807) is 0 Å². The fourth-order valence-corrected chi connectivity index (χ4v) is 2.24. The Hall–Kier alpha value is -0.530. The minimum Gasteiger partial charge on any atom is -0.358 e. The molecule has 0 aromatic rings. The van der Waals surface area contributed by atoms with Gasteiger partial charge >= 0.3 is 0 Å². The third-order valence-electron chi connectivity index (χ3n) is 3.14. The van der Waals surface area contributed by atoms with Gasteiger partial charge in [-0.3, -0.25) is 5.41 Å². The van der Waals surface area contributed by atoms with Gasteiger partial charge < -0.3 is 4.90 Å². The van der Waals surface area contributed by atoms with Crippen molar-refractivity contribution in [2.24, 2.45) is 5.92 Å². The molecule has 0 heterocycles. The van der Waals surface area contributed by atoms with E-state index in [1.807, 2.05) is 6.92 Å². The highest BCUT2D eigenvalue weighted by molar-refractivity contribution is 5.76. The molecule has 0 atom stereocenters. The van der Waals surface area contributed by atoms with Crippen LogP contribution in [-0.2, 0) is 0 Å². The first-order valence-corrected chi connectivity index (χ1v) is 5.93. The van der Waals surface area contributed by atoms with Crippen LogP contribution < -0.4 is 0 Å². The van der Waals surface area contributed by atoms with Gasteiger partial charge in [0.15, 0.2) is 0 Å². The molecule has 0 aliphatic heterocycles. The van der Waals surface area contributed by atoms with Crippen molar-refractivity contribution in [3.8, 4) is 0 Å². The first-order chi connectivity index (χ1) is 6.61. The first kappa shape index (κ1) is 11.5. The molecule has 0 unspecified atom stereocenters. The van der Waals surface area contributed by atoms with E-state index in [2.05, 4.69) is 18.7 Å². The Labute approximate surface area is 88.2 Å². The van der Waals surface area contributed by atoms with Gasteiger partial charge in [0.2, 0.25) is 0 Å². The van der Waals surface area contributed by atoms with E-state index in [4.69, 9.17) is 5.41 Å². The van der Waals surface area contributed by atoms with Crippen molar-refractivity contribution in [3.63, 3.8) is 0 Å². The van der Waals surface area contributed by atoms with E-state index < -0.39 is 0 Å². The smallest absolute Gasteiger partial charge is 0.0928 e. The number of rotatable bonds is 4. The normalized spacial score (nSPS) is 17.7. The van der Waals surface area contributed by atoms with E-state index in [1.165, 1.54) is 32.1 Å². The summed E-state index contributed by atoms with van der Waals surface area (Å²) in [4.78, 5) is 2.31. The fraction of sp³-hybridized carbons (Fsp3) is 0.917. The Morgan fingerprint density at radius 1 is 1.36 bits per heavy atom. The molecule has 1 aliphatic rings. The second-order valence-electron chi connectivity index (χ2n) is 4.90. The average Bonchev–Trinajstić information content (AvgIpc) is 2.56. The molecule has 1 saturated carbocycles. The van der Waals surface area contributed by atoms with Gasteiger partial charge in [-0.05, 0) is 32.1 Å². The molecule has 0 aromatic heterocycles. The van der Waals surface area contributed by atoms with E-state index in [0.717, 1.165) is 18.3 Å². The van der Waals surface area contributed by atoms with E-state index >= 15 is 0 Å². The molecule has 1 aliphatic carbocycles. The van der Waals surface area contributed by atoms with E-state index in [0.29, 0.717) is 6.04 Å². The lowest BCUT2D eigenvalue weighted by molar-refractivity contribution is 0.293. The molecule has 1 rings (SSSR count). The van der Waals surface area contributed by atoms with Crippen LogP contribution in [0.25, 0.3) is 0 Å². The molecule has 0 bridgehead atoms. The maximum absolute atomic E-state index is 7.79. The van der Waals surface area contributed by atoms with Crippen molar-refractivity contribution in [2.45, 2.75) is 58.9 Å². The van der Waals surface area contributed by atoms with Crippen molar-refractivity contribution in [3.05, 3.63) is 0 Å². The molecule has 1 N–H and O–H groups in total. The van der Waals surface area contributed by atoms with Crippen LogP contribution in [0.5, 0.6) is 0 Å². The van der Waals surface area contributed by atoms with Crippen LogP contribution in [0.2, 0.25) is 0 Å². The van der Waals surface area contributed by atoms with Gasteiger partial charge in [-0.15, -0.1) is 0 Å². The molecule has 1 fully saturated rings. The van der Waals surface area contributed by atoms with Crippen molar-refractivity contribution in [1.82, 2.24) is 4.90 Å². The summed E-state index contributed by atoms with van der Waals surface area (Å²) in [6.45, 7) is 7.52. The maximum atomic E-state index is 7.79. The second kappa shape index (κ2) is 5.38. The van der Waals surface area contributed by atoms with Crippen LogP contribution in [0.4, 0.5) is 0 Å². The zero-order valence-corrected chi connectivity index (χ0v) is 9.84. The SMILES string of the molecule is CC(=N)N(CCC(C)C)C1CCCC1. The summed E-state index contributed by atoms with van der Waals surface area (Å²) in [6.07, 6.45) is 6.53. The van der Waals surface area contributed by atoms with Crippen LogP contribution in [0.1, 0.15) is 52.9 Å². The largest absolute Gasteiger partial charge is 0.358 e. The first-order valence-electron chi connectivity index (χ1n) is 5.93. The zero-order valence-electron chi connectivity index (χ0n) is 9.84. The van der Waals surface area contributed by atoms with Gasteiger partial charge in [0.25, 0.3) is 0 Å². The number of hydrogen-bond donors (Lipinski definition) is 1. The molecule has 0 amide bonds.